The van der Waals surface area contributed by atoms with Crippen molar-refractivity contribution in [3.05, 3.63) is 35.4 Å². The van der Waals surface area contributed by atoms with Gasteiger partial charge in [0, 0.05) is 12.1 Å². The number of nitrogens with one attached hydrogen (secondary N) is 1. The van der Waals surface area contributed by atoms with E-state index >= 15 is 0 Å². The molecular weight excluding hydrogens is 366 g/mol. The molecule has 4 amide bonds. The van der Waals surface area contributed by atoms with E-state index in [9.17, 15) is 14.4 Å². The van der Waals surface area contributed by atoms with Gasteiger partial charge < -0.3 is 10.2 Å². The number of hydrogen-bond acceptors (Lipinski definition) is 3. The highest BCUT2D eigenvalue weighted by atomic mass is 16.2. The number of rotatable bonds is 4. The second-order valence-electron chi connectivity index (χ2n) is 8.92. The van der Waals surface area contributed by atoms with Gasteiger partial charge in [-0.25, -0.2) is 4.79 Å². The van der Waals surface area contributed by atoms with E-state index in [1.165, 1.54) is 6.42 Å². The zero-order valence-corrected chi connectivity index (χ0v) is 17.4. The molecule has 156 valence electrons. The molecule has 6 heteroatoms. The number of benzene rings is 1. The van der Waals surface area contributed by atoms with Crippen molar-refractivity contribution in [3.8, 4) is 0 Å². The Labute approximate surface area is 172 Å². The summed E-state index contributed by atoms with van der Waals surface area (Å²) in [5.74, 6) is -0.410. The predicted molar refractivity (Wildman–Crippen MR) is 110 cm³/mol. The van der Waals surface area contributed by atoms with E-state index in [4.69, 9.17) is 0 Å². The number of fused-ring (bicyclic) bond motifs is 2. The average molecular weight is 398 g/mol. The van der Waals surface area contributed by atoms with Gasteiger partial charge >= 0.3 is 6.03 Å². The summed E-state index contributed by atoms with van der Waals surface area (Å²) in [7, 11) is 0. The molecule has 1 atom stereocenters. The third-order valence-electron chi connectivity index (χ3n) is 6.76. The maximum Gasteiger partial charge on any atom is 0.325 e. The summed E-state index contributed by atoms with van der Waals surface area (Å²) in [5.41, 5.74) is 0.971. The Morgan fingerprint density at radius 2 is 1.90 bits per heavy atom. The van der Waals surface area contributed by atoms with Crippen LogP contribution in [-0.2, 0) is 21.5 Å². The third-order valence-corrected chi connectivity index (χ3v) is 6.76. The molecule has 0 bridgehead atoms. The van der Waals surface area contributed by atoms with Crippen LogP contribution in [0.15, 0.2) is 24.3 Å². The van der Waals surface area contributed by atoms with Crippen LogP contribution in [0.2, 0.25) is 0 Å². The lowest BCUT2D eigenvalue weighted by Gasteiger charge is -2.38. The van der Waals surface area contributed by atoms with E-state index in [0.29, 0.717) is 6.42 Å². The lowest BCUT2D eigenvalue weighted by molar-refractivity contribution is -0.142. The molecule has 4 rings (SSSR count). The minimum atomic E-state index is -1.01. The molecule has 3 aliphatic rings. The Morgan fingerprint density at radius 1 is 1.17 bits per heavy atom. The molecule has 1 aliphatic heterocycles. The van der Waals surface area contributed by atoms with E-state index in [0.717, 1.165) is 54.6 Å². The van der Waals surface area contributed by atoms with Gasteiger partial charge in [0.1, 0.15) is 12.1 Å². The van der Waals surface area contributed by atoms with Crippen molar-refractivity contribution < 1.29 is 14.4 Å². The smallest absolute Gasteiger partial charge is 0.325 e. The molecule has 1 saturated carbocycles. The number of hydrogen-bond donors (Lipinski definition) is 1. The summed E-state index contributed by atoms with van der Waals surface area (Å²) in [4.78, 5) is 42.5. The molecule has 1 saturated heterocycles. The van der Waals surface area contributed by atoms with Gasteiger partial charge in [-0.05, 0) is 57.1 Å². The standard InChI is InChI=1S/C23H31N3O3/c1-16(2)26(18-11-4-3-5-12-18)20(27)15-25-21(28)23(24-22(25)29)14-8-10-17-9-6-7-13-19(17)23/h6-7,9,13,16,18H,3-5,8,10-12,14-15H2,1-2H3,(H,24,29)/t23-/m0/s1. The molecule has 6 nitrogen and oxygen atoms in total. The number of carbonyl (C=O) groups excluding carboxylic acids is 3. The van der Waals surface area contributed by atoms with Crippen LogP contribution in [-0.4, -0.2) is 46.3 Å². The van der Waals surface area contributed by atoms with Crippen molar-refractivity contribution in [2.75, 3.05) is 6.54 Å². The van der Waals surface area contributed by atoms with Crippen molar-refractivity contribution in [3.63, 3.8) is 0 Å². The molecule has 0 aromatic heterocycles. The number of nitrogens with zero attached hydrogens (tertiary/aromatic N) is 2. The lowest BCUT2D eigenvalue weighted by Crippen LogP contribution is -2.51. The third kappa shape index (κ3) is 3.43. The quantitative estimate of drug-likeness (QED) is 0.792. The molecule has 1 spiro atoms. The van der Waals surface area contributed by atoms with Crippen molar-refractivity contribution in [2.45, 2.75) is 82.8 Å². The molecule has 1 heterocycles. The van der Waals surface area contributed by atoms with E-state index in [-0.39, 0.29) is 30.4 Å². The number of urea groups is 1. The highest BCUT2D eigenvalue weighted by molar-refractivity contribution is 6.09. The maximum atomic E-state index is 13.4. The zero-order valence-electron chi connectivity index (χ0n) is 17.4. The first-order valence-electron chi connectivity index (χ1n) is 11.0. The zero-order chi connectivity index (χ0) is 20.6. The molecule has 0 radical (unpaired) electrons. The topological polar surface area (TPSA) is 69.7 Å². The molecule has 1 aromatic rings. The molecule has 2 fully saturated rings. The summed E-state index contributed by atoms with van der Waals surface area (Å²) in [6.07, 6.45) is 7.80. The molecule has 1 N–H and O–H groups in total. The Balaban J connectivity index is 1.56. The van der Waals surface area contributed by atoms with Gasteiger partial charge in [-0.15, -0.1) is 0 Å². The molecule has 29 heavy (non-hydrogen) atoms. The van der Waals surface area contributed by atoms with Crippen LogP contribution >= 0.6 is 0 Å². The van der Waals surface area contributed by atoms with Crippen LogP contribution in [0, 0.1) is 0 Å². The van der Waals surface area contributed by atoms with Crippen LogP contribution in [0.5, 0.6) is 0 Å². The van der Waals surface area contributed by atoms with Crippen molar-refractivity contribution in [2.24, 2.45) is 0 Å². The first-order valence-corrected chi connectivity index (χ1v) is 11.0. The second-order valence-corrected chi connectivity index (χ2v) is 8.92. The fraction of sp³-hybridized carbons (Fsp3) is 0.609. The Hall–Kier alpha value is -2.37. The average Bonchev–Trinajstić information content (AvgIpc) is 2.94. The van der Waals surface area contributed by atoms with E-state index < -0.39 is 11.6 Å². The Morgan fingerprint density at radius 3 is 2.62 bits per heavy atom. The van der Waals surface area contributed by atoms with Gasteiger partial charge in [0.15, 0.2) is 0 Å². The van der Waals surface area contributed by atoms with E-state index in [1.54, 1.807) is 0 Å². The molecular formula is C23H31N3O3. The van der Waals surface area contributed by atoms with E-state index in [2.05, 4.69) is 5.32 Å². The van der Waals surface area contributed by atoms with Gasteiger partial charge in [-0.3, -0.25) is 14.5 Å². The fourth-order valence-electron chi connectivity index (χ4n) is 5.44. The maximum absolute atomic E-state index is 13.4. The number of imide groups is 1. The van der Waals surface area contributed by atoms with Crippen LogP contribution in [0.4, 0.5) is 4.79 Å². The first-order chi connectivity index (χ1) is 13.9. The van der Waals surface area contributed by atoms with E-state index in [1.807, 2.05) is 43.0 Å². The predicted octanol–water partition coefficient (Wildman–Crippen LogP) is 3.34. The summed E-state index contributed by atoms with van der Waals surface area (Å²) < 4.78 is 0. The van der Waals surface area contributed by atoms with Crippen LogP contribution in [0.3, 0.4) is 0 Å². The molecule has 1 aromatic carbocycles. The van der Waals surface area contributed by atoms with Gasteiger partial charge in [0.05, 0.1) is 0 Å². The lowest BCUT2D eigenvalue weighted by atomic mass is 9.76. The van der Waals surface area contributed by atoms with Crippen molar-refractivity contribution >= 4 is 17.8 Å². The van der Waals surface area contributed by atoms with Crippen LogP contribution in [0.1, 0.15) is 69.9 Å². The monoisotopic (exact) mass is 397 g/mol. The minimum absolute atomic E-state index is 0.0516. The number of amides is 4. The normalized spacial score (nSPS) is 24.7. The second kappa shape index (κ2) is 7.81. The van der Waals surface area contributed by atoms with Gasteiger partial charge in [-0.1, -0.05) is 43.5 Å². The van der Waals surface area contributed by atoms with Gasteiger partial charge in [-0.2, -0.15) is 0 Å². The Kier molecular flexibility index (Phi) is 5.36. The number of carbonyl (C=O) groups is 3. The Bertz CT molecular complexity index is 815. The van der Waals surface area contributed by atoms with Crippen LogP contribution < -0.4 is 5.32 Å². The van der Waals surface area contributed by atoms with Gasteiger partial charge in [0.25, 0.3) is 5.91 Å². The SMILES string of the molecule is CC(C)N(C(=O)CN1C(=O)N[C@]2(CCCc3ccccc32)C1=O)C1CCCCC1. The molecule has 2 aliphatic carbocycles. The highest BCUT2D eigenvalue weighted by Crippen LogP contribution is 2.40. The highest BCUT2D eigenvalue weighted by Gasteiger charge is 2.54. The van der Waals surface area contributed by atoms with Gasteiger partial charge in [0.2, 0.25) is 5.91 Å². The summed E-state index contributed by atoms with van der Waals surface area (Å²) in [5, 5.41) is 2.95. The summed E-state index contributed by atoms with van der Waals surface area (Å²) in [6.45, 7) is 3.85. The fourth-order valence-corrected chi connectivity index (χ4v) is 5.44. The minimum Gasteiger partial charge on any atom is -0.336 e. The van der Waals surface area contributed by atoms with Crippen molar-refractivity contribution in [1.29, 1.82) is 0 Å². The van der Waals surface area contributed by atoms with Crippen LogP contribution in [0.25, 0.3) is 0 Å². The summed E-state index contributed by atoms with van der Waals surface area (Å²) >= 11 is 0. The van der Waals surface area contributed by atoms with Crippen molar-refractivity contribution in [1.82, 2.24) is 15.1 Å². The summed E-state index contributed by atoms with van der Waals surface area (Å²) in [6, 6.07) is 7.63. The number of aryl methyl sites for hydroxylation is 1. The first kappa shape index (κ1) is 19.9. The largest absolute Gasteiger partial charge is 0.336 e. The molecule has 0 unspecified atom stereocenters.